The number of benzene rings is 2. The summed E-state index contributed by atoms with van der Waals surface area (Å²) in [6.07, 6.45) is 4.63. The van der Waals surface area contributed by atoms with Gasteiger partial charge in [0.05, 0.1) is 0 Å². The monoisotopic (exact) mass is 377 g/mol. The van der Waals surface area contributed by atoms with Crippen LogP contribution in [0.5, 0.6) is 0 Å². The zero-order valence-corrected chi connectivity index (χ0v) is 16.4. The Bertz CT molecular complexity index is 942. The van der Waals surface area contributed by atoms with Gasteiger partial charge in [-0.25, -0.2) is 0 Å². The van der Waals surface area contributed by atoms with Gasteiger partial charge >= 0.3 is 0 Å². The molecular formula is C23H27N3O2. The SMILES string of the molecule is CC(C)CC(=O)Nc1ccc(NC(=O)CCCc2c[nH]c3ccccc23)cc1. The molecule has 3 N–H and O–H groups in total. The largest absolute Gasteiger partial charge is 0.361 e. The lowest BCUT2D eigenvalue weighted by molar-refractivity contribution is -0.117. The highest BCUT2D eigenvalue weighted by atomic mass is 16.2. The highest BCUT2D eigenvalue weighted by Gasteiger charge is 2.07. The fraction of sp³-hybridized carbons (Fsp3) is 0.304. The van der Waals surface area contributed by atoms with Gasteiger partial charge in [0.1, 0.15) is 0 Å². The van der Waals surface area contributed by atoms with E-state index in [-0.39, 0.29) is 11.8 Å². The van der Waals surface area contributed by atoms with Gasteiger partial charge in [-0.3, -0.25) is 9.59 Å². The van der Waals surface area contributed by atoms with Crippen LogP contribution in [0.2, 0.25) is 0 Å². The molecule has 2 aromatic carbocycles. The van der Waals surface area contributed by atoms with Crippen molar-refractivity contribution >= 4 is 34.1 Å². The molecule has 0 atom stereocenters. The van der Waals surface area contributed by atoms with Crippen LogP contribution in [0.1, 0.15) is 38.7 Å². The Kier molecular flexibility index (Phi) is 6.48. The molecule has 0 aliphatic rings. The highest BCUT2D eigenvalue weighted by Crippen LogP contribution is 2.20. The van der Waals surface area contributed by atoms with Crippen LogP contribution >= 0.6 is 0 Å². The molecule has 1 heterocycles. The summed E-state index contributed by atoms with van der Waals surface area (Å²) >= 11 is 0. The Balaban J connectivity index is 1.45. The average Bonchev–Trinajstić information content (AvgIpc) is 3.06. The summed E-state index contributed by atoms with van der Waals surface area (Å²) in [6, 6.07) is 15.4. The predicted octanol–water partition coefficient (Wildman–Crippen LogP) is 5.11. The maximum atomic E-state index is 12.2. The van der Waals surface area contributed by atoms with E-state index in [0.717, 1.165) is 29.7 Å². The molecule has 0 bridgehead atoms. The second-order valence-electron chi connectivity index (χ2n) is 7.48. The summed E-state index contributed by atoms with van der Waals surface area (Å²) < 4.78 is 0. The van der Waals surface area contributed by atoms with Crippen molar-refractivity contribution < 1.29 is 9.59 Å². The van der Waals surface area contributed by atoms with E-state index in [1.54, 1.807) is 12.1 Å². The van der Waals surface area contributed by atoms with Gasteiger partial charge in [-0.15, -0.1) is 0 Å². The van der Waals surface area contributed by atoms with Gasteiger partial charge in [-0.1, -0.05) is 32.0 Å². The van der Waals surface area contributed by atoms with Gasteiger partial charge in [0, 0.05) is 41.3 Å². The summed E-state index contributed by atoms with van der Waals surface area (Å²) in [4.78, 5) is 27.3. The van der Waals surface area contributed by atoms with E-state index >= 15 is 0 Å². The van der Waals surface area contributed by atoms with Gasteiger partial charge in [-0.2, -0.15) is 0 Å². The van der Waals surface area contributed by atoms with Crippen molar-refractivity contribution in [2.24, 2.45) is 5.92 Å². The first kappa shape index (κ1) is 19.7. The second kappa shape index (κ2) is 9.22. The van der Waals surface area contributed by atoms with Gasteiger partial charge in [0.2, 0.25) is 11.8 Å². The number of amides is 2. The molecule has 28 heavy (non-hydrogen) atoms. The van der Waals surface area contributed by atoms with Crippen LogP contribution in [0.25, 0.3) is 10.9 Å². The molecular weight excluding hydrogens is 350 g/mol. The van der Waals surface area contributed by atoms with Gasteiger partial charge < -0.3 is 15.6 Å². The number of fused-ring (bicyclic) bond motifs is 1. The van der Waals surface area contributed by atoms with Gasteiger partial charge in [0.25, 0.3) is 0 Å². The molecule has 0 unspecified atom stereocenters. The molecule has 0 aliphatic heterocycles. The Morgan fingerprint density at radius 1 is 0.929 bits per heavy atom. The van der Waals surface area contributed by atoms with Crippen LogP contribution in [0.4, 0.5) is 11.4 Å². The van der Waals surface area contributed by atoms with E-state index in [4.69, 9.17) is 0 Å². The van der Waals surface area contributed by atoms with Crippen LogP contribution in [0.15, 0.2) is 54.7 Å². The maximum absolute atomic E-state index is 12.2. The van der Waals surface area contributed by atoms with Crippen molar-refractivity contribution in [3.05, 3.63) is 60.3 Å². The topological polar surface area (TPSA) is 74.0 Å². The quantitative estimate of drug-likeness (QED) is 0.510. The molecule has 0 radical (unpaired) electrons. The van der Waals surface area contributed by atoms with Crippen molar-refractivity contribution in [3.8, 4) is 0 Å². The number of hydrogen-bond acceptors (Lipinski definition) is 2. The summed E-state index contributed by atoms with van der Waals surface area (Å²) in [6.45, 7) is 4.02. The standard InChI is InChI=1S/C23H27N3O2/c1-16(2)14-23(28)26-19-12-10-18(11-13-19)25-22(27)9-5-6-17-15-24-21-8-4-3-7-20(17)21/h3-4,7-8,10-13,15-16,24H,5-6,9,14H2,1-2H3,(H,25,27)(H,26,28). The minimum absolute atomic E-state index is 0.00330. The third-order valence-electron chi connectivity index (χ3n) is 4.57. The van der Waals surface area contributed by atoms with Crippen LogP contribution in [-0.2, 0) is 16.0 Å². The van der Waals surface area contributed by atoms with Crippen LogP contribution in [0.3, 0.4) is 0 Å². The van der Waals surface area contributed by atoms with Crippen molar-refractivity contribution in [3.63, 3.8) is 0 Å². The molecule has 0 saturated carbocycles. The molecule has 0 spiro atoms. The lowest BCUT2D eigenvalue weighted by atomic mass is 10.1. The molecule has 0 saturated heterocycles. The van der Waals surface area contributed by atoms with Crippen molar-refractivity contribution in [1.82, 2.24) is 4.98 Å². The predicted molar refractivity (Wildman–Crippen MR) is 114 cm³/mol. The normalized spacial score (nSPS) is 11.0. The minimum Gasteiger partial charge on any atom is -0.361 e. The number of aromatic amines is 1. The number of hydrogen-bond donors (Lipinski definition) is 3. The Morgan fingerprint density at radius 2 is 1.57 bits per heavy atom. The second-order valence-corrected chi connectivity index (χ2v) is 7.48. The van der Waals surface area contributed by atoms with Crippen LogP contribution < -0.4 is 10.6 Å². The zero-order valence-electron chi connectivity index (χ0n) is 16.4. The van der Waals surface area contributed by atoms with E-state index < -0.39 is 0 Å². The lowest BCUT2D eigenvalue weighted by Gasteiger charge is -2.09. The van der Waals surface area contributed by atoms with Crippen molar-refractivity contribution in [2.45, 2.75) is 39.5 Å². The smallest absolute Gasteiger partial charge is 0.224 e. The average molecular weight is 377 g/mol. The molecule has 3 aromatic rings. The van der Waals surface area contributed by atoms with Crippen molar-refractivity contribution in [1.29, 1.82) is 0 Å². The molecule has 5 nitrogen and oxygen atoms in total. The van der Waals surface area contributed by atoms with E-state index in [0.29, 0.717) is 18.8 Å². The fourth-order valence-corrected chi connectivity index (χ4v) is 3.22. The van der Waals surface area contributed by atoms with Gasteiger partial charge in [-0.05, 0) is 54.7 Å². The molecule has 2 amide bonds. The first-order valence-electron chi connectivity index (χ1n) is 9.76. The first-order valence-corrected chi connectivity index (χ1v) is 9.76. The summed E-state index contributed by atoms with van der Waals surface area (Å²) in [7, 11) is 0. The lowest BCUT2D eigenvalue weighted by Crippen LogP contribution is -2.14. The highest BCUT2D eigenvalue weighted by molar-refractivity contribution is 5.93. The number of para-hydroxylation sites is 1. The molecule has 1 aromatic heterocycles. The number of nitrogens with one attached hydrogen (secondary N) is 3. The van der Waals surface area contributed by atoms with E-state index in [1.807, 2.05) is 44.3 Å². The Morgan fingerprint density at radius 3 is 2.25 bits per heavy atom. The number of H-pyrrole nitrogens is 1. The van der Waals surface area contributed by atoms with E-state index in [2.05, 4.69) is 27.8 Å². The number of carbonyl (C=O) groups is 2. The number of carbonyl (C=O) groups excluding carboxylic acids is 2. The Labute approximate surface area is 165 Å². The fourth-order valence-electron chi connectivity index (χ4n) is 3.22. The summed E-state index contributed by atoms with van der Waals surface area (Å²) in [5.74, 6) is 0.323. The molecule has 146 valence electrons. The van der Waals surface area contributed by atoms with Gasteiger partial charge in [0.15, 0.2) is 0 Å². The maximum Gasteiger partial charge on any atom is 0.224 e. The number of rotatable bonds is 8. The Hall–Kier alpha value is -3.08. The van der Waals surface area contributed by atoms with E-state index in [1.165, 1.54) is 10.9 Å². The third-order valence-corrected chi connectivity index (χ3v) is 4.57. The molecule has 5 heteroatoms. The number of aromatic nitrogens is 1. The molecule has 0 fully saturated rings. The molecule has 3 rings (SSSR count). The third kappa shape index (κ3) is 5.46. The molecule has 0 aliphatic carbocycles. The van der Waals surface area contributed by atoms with E-state index in [9.17, 15) is 9.59 Å². The summed E-state index contributed by atoms with van der Waals surface area (Å²) in [5, 5.41) is 7.00. The van der Waals surface area contributed by atoms with Crippen molar-refractivity contribution in [2.75, 3.05) is 10.6 Å². The minimum atomic E-state index is -0.00330. The summed E-state index contributed by atoms with van der Waals surface area (Å²) in [5.41, 5.74) is 3.84. The number of anilines is 2. The first-order chi connectivity index (χ1) is 13.5. The van der Waals surface area contributed by atoms with Crippen LogP contribution in [0, 0.1) is 5.92 Å². The zero-order chi connectivity index (χ0) is 19.9. The van der Waals surface area contributed by atoms with Crippen LogP contribution in [-0.4, -0.2) is 16.8 Å². The number of aryl methyl sites for hydroxylation is 1.